The van der Waals surface area contributed by atoms with Crippen LogP contribution < -0.4 is 10.1 Å². The highest BCUT2D eigenvalue weighted by Crippen LogP contribution is 2.27. The third kappa shape index (κ3) is 4.17. The van der Waals surface area contributed by atoms with Crippen molar-refractivity contribution in [2.45, 2.75) is 0 Å². The van der Waals surface area contributed by atoms with Gasteiger partial charge < -0.3 is 10.1 Å². The first-order chi connectivity index (χ1) is 11.4. The number of non-ortho nitro benzene ring substituents is 1. The second kappa shape index (κ2) is 7.38. The third-order valence-electron chi connectivity index (χ3n) is 2.86. The summed E-state index contributed by atoms with van der Waals surface area (Å²) in [7, 11) is 0. The predicted molar refractivity (Wildman–Crippen MR) is 85.3 cm³/mol. The van der Waals surface area contributed by atoms with Crippen LogP contribution in [0.2, 0.25) is 5.02 Å². The highest BCUT2D eigenvalue weighted by atomic mass is 35.5. The van der Waals surface area contributed by atoms with Gasteiger partial charge in [-0.15, -0.1) is 0 Å². The number of carbonyl (C=O) groups is 1. The van der Waals surface area contributed by atoms with Crippen LogP contribution in [-0.4, -0.2) is 22.4 Å². The van der Waals surface area contributed by atoms with Crippen molar-refractivity contribution in [3.05, 3.63) is 67.7 Å². The lowest BCUT2D eigenvalue weighted by atomic mass is 10.3. The predicted octanol–water partition coefficient (Wildman–Crippen LogP) is 3.17. The molecule has 0 heterocycles. The Morgan fingerprint density at radius 1 is 1.12 bits per heavy atom. The minimum Gasteiger partial charge on any atom is -0.477 e. The Morgan fingerprint density at radius 3 is 2.50 bits per heavy atom. The number of nitro groups is 2. The average Bonchev–Trinajstić information content (AvgIpc) is 2.55. The largest absolute Gasteiger partial charge is 0.477 e. The van der Waals surface area contributed by atoms with Gasteiger partial charge in [0.15, 0.2) is 12.4 Å². The number of hydrogen-bond acceptors (Lipinski definition) is 6. The van der Waals surface area contributed by atoms with Crippen molar-refractivity contribution in [3.8, 4) is 5.75 Å². The minimum absolute atomic E-state index is 0.0435. The maximum absolute atomic E-state index is 11.9. The molecule has 2 aromatic rings. The second-order valence-electron chi connectivity index (χ2n) is 4.48. The number of carbonyl (C=O) groups excluding carboxylic acids is 1. The lowest BCUT2D eigenvalue weighted by Crippen LogP contribution is -2.20. The zero-order chi connectivity index (χ0) is 17.7. The van der Waals surface area contributed by atoms with E-state index in [1.807, 2.05) is 0 Å². The molecule has 10 heteroatoms. The molecule has 0 bridgehead atoms. The van der Waals surface area contributed by atoms with E-state index in [-0.39, 0.29) is 27.8 Å². The van der Waals surface area contributed by atoms with Crippen LogP contribution in [0.3, 0.4) is 0 Å². The second-order valence-corrected chi connectivity index (χ2v) is 4.89. The Labute approximate surface area is 140 Å². The van der Waals surface area contributed by atoms with Crippen molar-refractivity contribution in [1.29, 1.82) is 0 Å². The molecule has 0 unspecified atom stereocenters. The number of ether oxygens (including phenoxy) is 1. The molecule has 0 aliphatic heterocycles. The highest BCUT2D eigenvalue weighted by Gasteiger charge is 2.16. The molecule has 9 nitrogen and oxygen atoms in total. The van der Waals surface area contributed by atoms with E-state index in [4.69, 9.17) is 16.3 Å². The first kappa shape index (κ1) is 17.2. The number of anilines is 1. The van der Waals surface area contributed by atoms with Crippen molar-refractivity contribution in [2.75, 3.05) is 11.9 Å². The molecular formula is C14H10ClN3O6. The maximum Gasteiger partial charge on any atom is 0.310 e. The number of halogens is 1. The van der Waals surface area contributed by atoms with Crippen LogP contribution in [0.4, 0.5) is 17.1 Å². The number of rotatable bonds is 6. The van der Waals surface area contributed by atoms with E-state index in [1.165, 1.54) is 36.4 Å². The lowest BCUT2D eigenvalue weighted by molar-refractivity contribution is -0.385. The average molecular weight is 352 g/mol. The van der Waals surface area contributed by atoms with Gasteiger partial charge in [0.1, 0.15) is 0 Å². The van der Waals surface area contributed by atoms with E-state index in [0.29, 0.717) is 0 Å². The SMILES string of the molecule is O=C(COc1ccccc1[N+](=O)[O-])Nc1cc([N+](=O)[O-])ccc1Cl. The number of nitrogens with zero attached hydrogens (tertiary/aromatic N) is 2. The molecule has 0 radical (unpaired) electrons. The Hall–Kier alpha value is -3.20. The molecule has 2 rings (SSSR count). The van der Waals surface area contributed by atoms with Crippen molar-refractivity contribution in [3.63, 3.8) is 0 Å². The van der Waals surface area contributed by atoms with E-state index in [9.17, 15) is 25.0 Å². The van der Waals surface area contributed by atoms with Gasteiger partial charge in [-0.3, -0.25) is 25.0 Å². The van der Waals surface area contributed by atoms with Crippen LogP contribution in [0.1, 0.15) is 0 Å². The number of para-hydroxylation sites is 2. The van der Waals surface area contributed by atoms with Crippen LogP contribution >= 0.6 is 11.6 Å². The fraction of sp³-hybridized carbons (Fsp3) is 0.0714. The summed E-state index contributed by atoms with van der Waals surface area (Å²) < 4.78 is 5.12. The van der Waals surface area contributed by atoms with E-state index in [2.05, 4.69) is 5.32 Å². The van der Waals surface area contributed by atoms with E-state index in [1.54, 1.807) is 0 Å². The van der Waals surface area contributed by atoms with Gasteiger partial charge in [0.25, 0.3) is 11.6 Å². The summed E-state index contributed by atoms with van der Waals surface area (Å²) in [4.78, 5) is 32.2. The van der Waals surface area contributed by atoms with E-state index < -0.39 is 22.4 Å². The number of hydrogen-bond donors (Lipinski definition) is 1. The summed E-state index contributed by atoms with van der Waals surface area (Å²) in [6.07, 6.45) is 0. The Morgan fingerprint density at radius 2 is 1.83 bits per heavy atom. The van der Waals surface area contributed by atoms with Crippen LogP contribution in [0, 0.1) is 20.2 Å². The van der Waals surface area contributed by atoms with Crippen molar-refractivity contribution < 1.29 is 19.4 Å². The summed E-state index contributed by atoms with van der Waals surface area (Å²) in [5.41, 5.74) is -0.477. The Balaban J connectivity index is 2.06. The molecule has 124 valence electrons. The quantitative estimate of drug-likeness (QED) is 0.629. The molecule has 1 amide bonds. The van der Waals surface area contributed by atoms with Gasteiger partial charge in [0, 0.05) is 18.2 Å². The van der Waals surface area contributed by atoms with E-state index in [0.717, 1.165) is 6.07 Å². The van der Waals surface area contributed by atoms with Gasteiger partial charge in [-0.25, -0.2) is 0 Å². The molecule has 1 N–H and O–H groups in total. The van der Waals surface area contributed by atoms with Gasteiger partial charge >= 0.3 is 5.69 Å². The molecule has 0 spiro atoms. The summed E-state index contributed by atoms with van der Waals surface area (Å²) in [6.45, 7) is -0.524. The fourth-order valence-corrected chi connectivity index (χ4v) is 1.95. The highest BCUT2D eigenvalue weighted by molar-refractivity contribution is 6.33. The third-order valence-corrected chi connectivity index (χ3v) is 3.19. The Bertz CT molecular complexity index is 811. The zero-order valence-electron chi connectivity index (χ0n) is 12.0. The fourth-order valence-electron chi connectivity index (χ4n) is 1.78. The molecule has 0 saturated carbocycles. The number of benzene rings is 2. The summed E-state index contributed by atoms with van der Waals surface area (Å²) in [6, 6.07) is 9.16. The Kier molecular flexibility index (Phi) is 5.27. The van der Waals surface area contributed by atoms with Crippen LogP contribution in [0.5, 0.6) is 5.75 Å². The molecule has 24 heavy (non-hydrogen) atoms. The van der Waals surface area contributed by atoms with Crippen molar-refractivity contribution in [1.82, 2.24) is 0 Å². The van der Waals surface area contributed by atoms with Crippen molar-refractivity contribution >= 4 is 34.6 Å². The van der Waals surface area contributed by atoms with Gasteiger partial charge in [-0.1, -0.05) is 23.7 Å². The van der Waals surface area contributed by atoms with Gasteiger partial charge in [0.05, 0.1) is 20.6 Å². The molecule has 2 aromatic carbocycles. The molecule has 0 aromatic heterocycles. The zero-order valence-corrected chi connectivity index (χ0v) is 12.7. The molecule has 0 aliphatic rings. The topological polar surface area (TPSA) is 125 Å². The number of nitro benzene ring substituents is 2. The maximum atomic E-state index is 11.9. The molecule has 0 atom stereocenters. The van der Waals surface area contributed by atoms with Crippen LogP contribution in [0.25, 0.3) is 0 Å². The summed E-state index contributed by atoms with van der Waals surface area (Å²) in [5.74, 6) is -0.738. The van der Waals surface area contributed by atoms with Crippen LogP contribution in [-0.2, 0) is 4.79 Å². The summed E-state index contributed by atoms with van der Waals surface area (Å²) in [5, 5.41) is 24.0. The minimum atomic E-state index is -0.671. The molecule has 0 aliphatic carbocycles. The molecular weight excluding hydrogens is 342 g/mol. The normalized spacial score (nSPS) is 10.0. The molecule has 0 saturated heterocycles. The van der Waals surface area contributed by atoms with Gasteiger partial charge in [0.2, 0.25) is 0 Å². The lowest BCUT2D eigenvalue weighted by Gasteiger charge is -2.09. The summed E-state index contributed by atoms with van der Waals surface area (Å²) >= 11 is 5.86. The smallest absolute Gasteiger partial charge is 0.310 e. The standard InChI is InChI=1S/C14H10ClN3O6/c15-10-6-5-9(17(20)21)7-11(10)16-14(19)8-24-13-4-2-1-3-12(13)18(22)23/h1-7H,8H2,(H,16,19). The number of amides is 1. The monoisotopic (exact) mass is 351 g/mol. The van der Waals surface area contributed by atoms with E-state index >= 15 is 0 Å². The first-order valence-electron chi connectivity index (χ1n) is 6.48. The van der Waals surface area contributed by atoms with Gasteiger partial charge in [-0.2, -0.15) is 0 Å². The van der Waals surface area contributed by atoms with Crippen LogP contribution in [0.15, 0.2) is 42.5 Å². The van der Waals surface area contributed by atoms with Gasteiger partial charge in [-0.05, 0) is 12.1 Å². The van der Waals surface area contributed by atoms with Crippen molar-refractivity contribution in [2.24, 2.45) is 0 Å². The number of nitrogens with one attached hydrogen (secondary N) is 1. The molecule has 0 fully saturated rings. The first-order valence-corrected chi connectivity index (χ1v) is 6.86.